The first-order chi connectivity index (χ1) is 18.7. The lowest BCUT2D eigenvalue weighted by Crippen LogP contribution is -2.40. The Morgan fingerprint density at radius 1 is 1.05 bits per heavy atom. The monoisotopic (exact) mass is 647 g/mol. The van der Waals surface area contributed by atoms with Crippen LogP contribution in [0.1, 0.15) is 6.42 Å². The van der Waals surface area contributed by atoms with E-state index in [0.29, 0.717) is 39.9 Å². The summed E-state index contributed by atoms with van der Waals surface area (Å²) in [7, 11) is -12.2. The van der Waals surface area contributed by atoms with E-state index in [1.807, 2.05) is 4.90 Å². The molecule has 0 saturated carbocycles. The molecular weight excluding hydrogens is 624 g/mol. The number of hydrogen-bond donors (Lipinski definition) is 2. The SMILES string of the molecule is O=P(O)(O)CN(c1ccc2c(ccn2-c2ccc(N3CCS(=O)(=O)CC3)nn2)c1)S(=O)(=O)C1C=C(Cl)C=C(Cl)C1. The third-order valence-corrected chi connectivity index (χ3v) is 11.5. The fraction of sp³-hybridized carbons (Fsp3) is 0.304. The van der Waals surface area contributed by atoms with Crippen molar-refractivity contribution in [3.05, 3.63) is 64.8 Å². The highest BCUT2D eigenvalue weighted by Crippen LogP contribution is 2.41. The molecule has 1 fully saturated rings. The molecule has 1 aromatic carbocycles. The molecule has 3 aromatic rings. The smallest absolute Gasteiger partial charge is 0.345 e. The minimum absolute atomic E-state index is 0.0591. The van der Waals surface area contributed by atoms with Crippen molar-refractivity contribution in [3.63, 3.8) is 0 Å². The Morgan fingerprint density at radius 3 is 2.35 bits per heavy atom. The van der Waals surface area contributed by atoms with Crippen LogP contribution in [0.2, 0.25) is 0 Å². The molecule has 0 radical (unpaired) electrons. The number of nitrogens with zero attached hydrogens (tertiary/aromatic N) is 5. The van der Waals surface area contributed by atoms with Crippen molar-refractivity contribution in [2.45, 2.75) is 11.7 Å². The summed E-state index contributed by atoms with van der Waals surface area (Å²) in [6.45, 7) is 0.676. The molecule has 1 aliphatic heterocycles. The van der Waals surface area contributed by atoms with Gasteiger partial charge in [-0.05, 0) is 48.6 Å². The van der Waals surface area contributed by atoms with E-state index in [1.165, 1.54) is 24.3 Å². The van der Waals surface area contributed by atoms with Crippen LogP contribution in [0.5, 0.6) is 0 Å². The highest BCUT2D eigenvalue weighted by Gasteiger charge is 2.37. The lowest BCUT2D eigenvalue weighted by molar-refractivity contribution is 0.373. The first-order valence-corrected chi connectivity index (χ1v) is 17.8. The van der Waals surface area contributed by atoms with E-state index in [4.69, 9.17) is 23.2 Å². The zero-order chi connectivity index (χ0) is 28.9. The standard InChI is InChI=1S/C23H24Cl2N5O7PS2/c24-17-12-18(25)14-20(13-17)40(36,37)30(15-38(31,32)33)19-1-2-21-16(11-19)5-6-29(21)23-4-3-22(26-27-23)28-7-9-39(34,35)10-8-28/h1-6,11-13,20H,7-10,14-15H2,(H2,31,32,33). The second kappa shape index (κ2) is 10.8. The van der Waals surface area contributed by atoms with Crippen molar-refractivity contribution in [1.29, 1.82) is 0 Å². The fourth-order valence-corrected chi connectivity index (χ4v) is 9.59. The van der Waals surface area contributed by atoms with Crippen LogP contribution in [-0.4, -0.2) is 77.5 Å². The van der Waals surface area contributed by atoms with E-state index >= 15 is 0 Å². The van der Waals surface area contributed by atoms with Gasteiger partial charge in [0.1, 0.15) is 11.5 Å². The first-order valence-electron chi connectivity index (χ1n) is 11.9. The summed E-state index contributed by atoms with van der Waals surface area (Å²) < 4.78 is 64.9. The highest BCUT2D eigenvalue weighted by molar-refractivity contribution is 7.94. The second-order valence-electron chi connectivity index (χ2n) is 9.40. The summed E-state index contributed by atoms with van der Waals surface area (Å²) in [4.78, 5) is 21.2. The average Bonchev–Trinajstić information content (AvgIpc) is 3.29. The molecule has 12 nitrogen and oxygen atoms in total. The van der Waals surface area contributed by atoms with Gasteiger partial charge in [-0.1, -0.05) is 23.2 Å². The number of benzene rings is 1. The number of rotatable bonds is 7. The van der Waals surface area contributed by atoms with Crippen LogP contribution >= 0.6 is 30.8 Å². The van der Waals surface area contributed by atoms with Crippen LogP contribution in [0.4, 0.5) is 11.5 Å². The molecule has 0 bridgehead atoms. The molecule has 40 heavy (non-hydrogen) atoms. The average molecular weight is 648 g/mol. The normalized spacial score (nSPS) is 19.8. The van der Waals surface area contributed by atoms with Crippen LogP contribution in [0.15, 0.2) is 64.8 Å². The molecule has 2 N–H and O–H groups in total. The highest BCUT2D eigenvalue weighted by atomic mass is 35.5. The number of hydrogen-bond acceptors (Lipinski definition) is 8. The van der Waals surface area contributed by atoms with Crippen LogP contribution in [0, 0.1) is 0 Å². The maximum absolute atomic E-state index is 13.5. The van der Waals surface area contributed by atoms with Gasteiger partial charge in [0.05, 0.1) is 22.7 Å². The van der Waals surface area contributed by atoms with Crippen molar-refractivity contribution in [3.8, 4) is 5.82 Å². The Hall–Kier alpha value is -2.45. The number of anilines is 2. The molecule has 2 aliphatic rings. The molecule has 17 heteroatoms. The van der Waals surface area contributed by atoms with Crippen molar-refractivity contribution in [1.82, 2.24) is 14.8 Å². The summed E-state index contributed by atoms with van der Waals surface area (Å²) in [5.74, 6) is 1.15. The van der Waals surface area contributed by atoms with Gasteiger partial charge >= 0.3 is 7.60 Å². The molecular formula is C23H24Cl2N5O7PS2. The van der Waals surface area contributed by atoms with Gasteiger partial charge in [-0.3, -0.25) is 13.4 Å². The Kier molecular flexibility index (Phi) is 7.81. The fourth-order valence-electron chi connectivity index (χ4n) is 4.56. The third kappa shape index (κ3) is 6.23. The largest absolute Gasteiger partial charge is 0.353 e. The number of allylic oxidation sites excluding steroid dienone is 3. The molecule has 1 unspecified atom stereocenters. The molecule has 1 atom stereocenters. The van der Waals surface area contributed by atoms with Crippen LogP contribution in [0.25, 0.3) is 16.7 Å². The minimum atomic E-state index is -4.81. The Bertz CT molecular complexity index is 1770. The lowest BCUT2D eigenvalue weighted by Gasteiger charge is -2.29. The zero-order valence-corrected chi connectivity index (χ0v) is 24.7. The summed E-state index contributed by atoms with van der Waals surface area (Å²) in [5.41, 5.74) is 0.709. The summed E-state index contributed by atoms with van der Waals surface area (Å²) >= 11 is 12.1. The second-order valence-corrected chi connectivity index (χ2v) is 16.3. The summed E-state index contributed by atoms with van der Waals surface area (Å²) in [6.07, 6.45) is 3.27. The molecule has 3 heterocycles. The molecule has 0 spiro atoms. The summed E-state index contributed by atoms with van der Waals surface area (Å²) in [6, 6.07) is 9.78. The van der Waals surface area contributed by atoms with E-state index in [-0.39, 0.29) is 33.7 Å². The van der Waals surface area contributed by atoms with Gasteiger partial charge in [0.15, 0.2) is 21.5 Å². The number of fused-ring (bicyclic) bond motifs is 1. The molecule has 5 rings (SSSR count). The minimum Gasteiger partial charge on any atom is -0.353 e. The van der Waals surface area contributed by atoms with Gasteiger partial charge in [0.25, 0.3) is 0 Å². The lowest BCUT2D eigenvalue weighted by atomic mass is 10.2. The van der Waals surface area contributed by atoms with Gasteiger partial charge in [-0.2, -0.15) is 0 Å². The summed E-state index contributed by atoms with van der Waals surface area (Å²) in [5, 5.41) is 8.23. The van der Waals surface area contributed by atoms with E-state index in [2.05, 4.69) is 10.2 Å². The molecule has 1 saturated heterocycles. The van der Waals surface area contributed by atoms with Crippen LogP contribution in [0.3, 0.4) is 0 Å². The number of sulfone groups is 1. The maximum Gasteiger partial charge on any atom is 0.345 e. The van der Waals surface area contributed by atoms with Crippen molar-refractivity contribution < 1.29 is 31.2 Å². The van der Waals surface area contributed by atoms with Gasteiger partial charge in [-0.15, -0.1) is 10.2 Å². The van der Waals surface area contributed by atoms with Crippen LogP contribution in [-0.2, 0) is 24.4 Å². The van der Waals surface area contributed by atoms with E-state index in [1.54, 1.807) is 35.0 Å². The number of aromatic nitrogens is 3. The van der Waals surface area contributed by atoms with E-state index in [9.17, 15) is 31.2 Å². The van der Waals surface area contributed by atoms with E-state index < -0.39 is 39.0 Å². The predicted molar refractivity (Wildman–Crippen MR) is 154 cm³/mol. The Labute approximate surface area is 240 Å². The molecule has 0 amide bonds. The molecule has 1 aliphatic carbocycles. The Balaban J connectivity index is 1.45. The number of halogens is 2. The quantitative estimate of drug-likeness (QED) is 0.364. The number of sulfonamides is 1. The molecule has 2 aromatic heterocycles. The topological polar surface area (TPSA) is 163 Å². The zero-order valence-electron chi connectivity index (χ0n) is 20.7. The maximum atomic E-state index is 13.5. The van der Waals surface area contributed by atoms with Crippen LogP contribution < -0.4 is 9.21 Å². The third-order valence-electron chi connectivity index (χ3n) is 6.55. The van der Waals surface area contributed by atoms with Gasteiger partial charge in [-0.25, -0.2) is 16.8 Å². The first kappa shape index (κ1) is 29.1. The van der Waals surface area contributed by atoms with Gasteiger partial charge < -0.3 is 14.7 Å². The Morgan fingerprint density at radius 2 is 1.73 bits per heavy atom. The van der Waals surface area contributed by atoms with E-state index in [0.717, 1.165) is 0 Å². The van der Waals surface area contributed by atoms with Crippen molar-refractivity contribution in [2.75, 3.05) is 40.1 Å². The van der Waals surface area contributed by atoms with Gasteiger partial charge in [0, 0.05) is 41.2 Å². The predicted octanol–water partition coefficient (Wildman–Crippen LogP) is 2.94. The molecule has 214 valence electrons. The van der Waals surface area contributed by atoms with Crippen molar-refractivity contribution in [2.24, 2.45) is 0 Å². The van der Waals surface area contributed by atoms with Crippen molar-refractivity contribution >= 4 is 73.1 Å². The van der Waals surface area contributed by atoms with Gasteiger partial charge in [0.2, 0.25) is 10.0 Å².